The van der Waals surface area contributed by atoms with E-state index in [0.717, 1.165) is 35.1 Å². The van der Waals surface area contributed by atoms with Gasteiger partial charge in [0.2, 0.25) is 0 Å². The molecule has 0 bridgehead atoms. The molecule has 0 fully saturated rings. The Morgan fingerprint density at radius 2 is 0.968 bits per heavy atom. The molecular formula is C29H27NO. The van der Waals surface area contributed by atoms with E-state index in [1.165, 1.54) is 22.3 Å². The van der Waals surface area contributed by atoms with Gasteiger partial charge in [0.25, 0.3) is 0 Å². The van der Waals surface area contributed by atoms with E-state index in [0.29, 0.717) is 5.71 Å². The zero-order valence-electron chi connectivity index (χ0n) is 18.0. The Kier molecular flexibility index (Phi) is 6.28. The van der Waals surface area contributed by atoms with E-state index in [4.69, 9.17) is 0 Å². The van der Waals surface area contributed by atoms with Gasteiger partial charge in [0.1, 0.15) is 5.71 Å². The van der Waals surface area contributed by atoms with Crippen molar-refractivity contribution in [2.24, 2.45) is 5.16 Å². The van der Waals surface area contributed by atoms with Crippen LogP contribution in [0.15, 0.2) is 102 Å². The van der Waals surface area contributed by atoms with Crippen molar-refractivity contribution in [3.8, 4) is 0 Å². The molecule has 0 atom stereocenters. The summed E-state index contributed by atoms with van der Waals surface area (Å²) in [5.74, 6) is 0. The van der Waals surface area contributed by atoms with Crippen molar-refractivity contribution >= 4 is 5.71 Å². The number of aryl methyl sites for hydroxylation is 2. The van der Waals surface area contributed by atoms with Crippen LogP contribution in [0.2, 0.25) is 0 Å². The number of oxime groups is 1. The van der Waals surface area contributed by atoms with E-state index < -0.39 is 0 Å². The Labute approximate surface area is 184 Å². The molecule has 0 aliphatic carbocycles. The monoisotopic (exact) mass is 405 g/mol. The molecule has 0 amide bonds. The Morgan fingerprint density at radius 1 is 0.581 bits per heavy atom. The fraction of sp³-hybridized carbons (Fsp3) is 0.138. The van der Waals surface area contributed by atoms with Crippen LogP contribution in [0.1, 0.15) is 44.5 Å². The van der Waals surface area contributed by atoms with Crippen molar-refractivity contribution in [1.29, 1.82) is 0 Å². The van der Waals surface area contributed by atoms with Crippen molar-refractivity contribution < 1.29 is 5.21 Å². The van der Waals surface area contributed by atoms with Gasteiger partial charge in [0.05, 0.1) is 0 Å². The lowest BCUT2D eigenvalue weighted by molar-refractivity contribution is 0.319. The molecule has 154 valence electrons. The van der Waals surface area contributed by atoms with E-state index >= 15 is 0 Å². The number of benzene rings is 4. The standard InChI is InChI=1S/C29H27NO/c1-21-11-15-23(16-12-21)19-25-7-3-5-9-27(25)29(30-31)28-10-6-4-8-26(28)20-24-17-13-22(2)14-18-24/h3-18,31H,19-20H2,1-2H3. The van der Waals surface area contributed by atoms with Crippen LogP contribution in [0.5, 0.6) is 0 Å². The summed E-state index contributed by atoms with van der Waals surface area (Å²) in [6.07, 6.45) is 1.57. The number of nitrogens with zero attached hydrogens (tertiary/aromatic N) is 1. The normalized spacial score (nSPS) is 10.6. The van der Waals surface area contributed by atoms with Crippen molar-refractivity contribution in [3.05, 3.63) is 142 Å². The first kappa shape index (κ1) is 20.6. The molecule has 0 aromatic heterocycles. The lowest BCUT2D eigenvalue weighted by Crippen LogP contribution is -2.11. The smallest absolute Gasteiger partial charge is 0.117 e. The predicted octanol–water partition coefficient (Wildman–Crippen LogP) is 6.71. The predicted molar refractivity (Wildman–Crippen MR) is 128 cm³/mol. The SMILES string of the molecule is Cc1ccc(Cc2ccccc2C(=NO)c2ccccc2Cc2ccc(C)cc2)cc1. The Bertz CT molecular complexity index is 1100. The first-order valence-electron chi connectivity index (χ1n) is 10.6. The highest BCUT2D eigenvalue weighted by Crippen LogP contribution is 2.23. The molecule has 4 aromatic rings. The summed E-state index contributed by atoms with van der Waals surface area (Å²) >= 11 is 0. The fourth-order valence-corrected chi connectivity index (χ4v) is 3.92. The lowest BCUT2D eigenvalue weighted by Gasteiger charge is -2.15. The van der Waals surface area contributed by atoms with Crippen LogP contribution < -0.4 is 0 Å². The topological polar surface area (TPSA) is 32.6 Å². The molecule has 0 unspecified atom stereocenters. The third kappa shape index (κ3) is 4.92. The second-order valence-electron chi connectivity index (χ2n) is 8.09. The van der Waals surface area contributed by atoms with E-state index in [1.54, 1.807) is 0 Å². The largest absolute Gasteiger partial charge is 0.410 e. The lowest BCUT2D eigenvalue weighted by atomic mass is 9.90. The van der Waals surface area contributed by atoms with Crippen molar-refractivity contribution in [3.63, 3.8) is 0 Å². The number of hydrogen-bond acceptors (Lipinski definition) is 2. The van der Waals surface area contributed by atoms with Gasteiger partial charge in [-0.1, -0.05) is 113 Å². The van der Waals surface area contributed by atoms with Crippen LogP contribution in [0.3, 0.4) is 0 Å². The van der Waals surface area contributed by atoms with Crippen molar-refractivity contribution in [2.75, 3.05) is 0 Å². The fourth-order valence-electron chi connectivity index (χ4n) is 3.92. The minimum Gasteiger partial charge on any atom is -0.410 e. The summed E-state index contributed by atoms with van der Waals surface area (Å²) in [5.41, 5.74) is 9.80. The molecule has 0 saturated carbocycles. The minimum atomic E-state index is 0.616. The average molecular weight is 406 g/mol. The Balaban J connectivity index is 1.70. The number of hydrogen-bond donors (Lipinski definition) is 1. The van der Waals surface area contributed by atoms with Gasteiger partial charge in [-0.3, -0.25) is 0 Å². The summed E-state index contributed by atoms with van der Waals surface area (Å²) in [5, 5.41) is 13.9. The summed E-state index contributed by atoms with van der Waals surface area (Å²) in [7, 11) is 0. The molecule has 0 saturated heterocycles. The molecule has 0 spiro atoms. The molecule has 2 nitrogen and oxygen atoms in total. The Hall–Kier alpha value is -3.65. The summed E-state index contributed by atoms with van der Waals surface area (Å²) < 4.78 is 0. The van der Waals surface area contributed by atoms with E-state index in [-0.39, 0.29) is 0 Å². The maximum Gasteiger partial charge on any atom is 0.117 e. The molecule has 4 aromatic carbocycles. The highest BCUT2D eigenvalue weighted by Gasteiger charge is 2.16. The van der Waals surface area contributed by atoms with Gasteiger partial charge >= 0.3 is 0 Å². The van der Waals surface area contributed by atoms with Crippen molar-refractivity contribution in [1.82, 2.24) is 0 Å². The second-order valence-corrected chi connectivity index (χ2v) is 8.09. The summed E-state index contributed by atoms with van der Waals surface area (Å²) in [6.45, 7) is 4.19. The quantitative estimate of drug-likeness (QED) is 0.216. The van der Waals surface area contributed by atoms with E-state index in [9.17, 15) is 5.21 Å². The maximum absolute atomic E-state index is 10.1. The maximum atomic E-state index is 10.1. The van der Waals surface area contributed by atoms with Crippen molar-refractivity contribution in [2.45, 2.75) is 26.7 Å². The average Bonchev–Trinajstić information content (AvgIpc) is 2.79. The number of rotatable bonds is 6. The molecule has 31 heavy (non-hydrogen) atoms. The van der Waals surface area contributed by atoms with Gasteiger partial charge < -0.3 is 5.21 Å². The van der Waals surface area contributed by atoms with Crippen LogP contribution in [0.4, 0.5) is 0 Å². The van der Waals surface area contributed by atoms with Gasteiger partial charge in [-0.15, -0.1) is 0 Å². The highest BCUT2D eigenvalue weighted by molar-refractivity contribution is 6.14. The molecule has 1 N–H and O–H groups in total. The summed E-state index contributed by atoms with van der Waals surface area (Å²) in [6, 6.07) is 33.6. The zero-order chi connectivity index (χ0) is 21.6. The minimum absolute atomic E-state index is 0.616. The molecule has 2 heteroatoms. The first-order valence-corrected chi connectivity index (χ1v) is 10.6. The third-order valence-electron chi connectivity index (χ3n) is 5.68. The van der Waals surface area contributed by atoms with Gasteiger partial charge in [-0.05, 0) is 48.9 Å². The molecule has 0 radical (unpaired) electrons. The van der Waals surface area contributed by atoms with Gasteiger partial charge in [-0.25, -0.2) is 0 Å². The third-order valence-corrected chi connectivity index (χ3v) is 5.68. The zero-order valence-corrected chi connectivity index (χ0v) is 18.0. The van der Waals surface area contributed by atoms with Gasteiger partial charge in [0.15, 0.2) is 0 Å². The second kappa shape index (κ2) is 9.44. The van der Waals surface area contributed by atoms with Crippen LogP contribution >= 0.6 is 0 Å². The highest BCUT2D eigenvalue weighted by atomic mass is 16.4. The molecule has 4 rings (SSSR count). The summed E-state index contributed by atoms with van der Waals surface area (Å²) in [4.78, 5) is 0. The van der Waals surface area contributed by atoms with Crippen LogP contribution in [0.25, 0.3) is 0 Å². The van der Waals surface area contributed by atoms with Crippen LogP contribution in [-0.4, -0.2) is 10.9 Å². The van der Waals surface area contributed by atoms with E-state index in [1.807, 2.05) is 36.4 Å². The molecule has 0 aliphatic rings. The van der Waals surface area contributed by atoms with E-state index in [2.05, 4.69) is 79.7 Å². The Morgan fingerprint density at radius 3 is 1.35 bits per heavy atom. The van der Waals surface area contributed by atoms with Gasteiger partial charge in [0, 0.05) is 11.1 Å². The molecular weight excluding hydrogens is 378 g/mol. The molecule has 0 aliphatic heterocycles. The van der Waals surface area contributed by atoms with Crippen LogP contribution in [0, 0.1) is 13.8 Å². The first-order chi connectivity index (χ1) is 15.1. The van der Waals surface area contributed by atoms with Crippen LogP contribution in [-0.2, 0) is 12.8 Å². The molecule has 0 heterocycles. The van der Waals surface area contributed by atoms with Gasteiger partial charge in [-0.2, -0.15) is 0 Å².